The van der Waals surface area contributed by atoms with Crippen LogP contribution >= 0.6 is 0 Å². The molecule has 5 heteroatoms. The standard InChI is InChI=1S/C19H29NO3Si/c1-24(2,3)13-20-15-9-10-16(20)12-17(11-15)23-19(22)18(21)14-7-5-4-6-8-14/h4-8,15-18,21H,9-13H2,1-3H3. The van der Waals surface area contributed by atoms with E-state index in [4.69, 9.17) is 4.74 Å². The highest BCUT2D eigenvalue weighted by molar-refractivity contribution is 6.76. The van der Waals surface area contributed by atoms with Gasteiger partial charge in [-0.25, -0.2) is 4.79 Å². The Morgan fingerprint density at radius 1 is 1.21 bits per heavy atom. The Balaban J connectivity index is 1.58. The normalized spacial score (nSPS) is 28.6. The van der Waals surface area contributed by atoms with E-state index in [1.165, 1.54) is 19.0 Å². The van der Waals surface area contributed by atoms with Gasteiger partial charge in [0.2, 0.25) is 0 Å². The van der Waals surface area contributed by atoms with Crippen LogP contribution in [-0.4, -0.2) is 48.4 Å². The number of nitrogens with zero attached hydrogens (tertiary/aromatic N) is 1. The molecule has 132 valence electrons. The number of hydrogen-bond donors (Lipinski definition) is 1. The molecular formula is C19H29NO3Si. The van der Waals surface area contributed by atoms with Crippen molar-refractivity contribution in [3.05, 3.63) is 35.9 Å². The molecule has 2 heterocycles. The summed E-state index contributed by atoms with van der Waals surface area (Å²) in [5, 5.41) is 10.2. The van der Waals surface area contributed by atoms with Gasteiger partial charge >= 0.3 is 5.97 Å². The number of aliphatic hydroxyl groups is 1. The van der Waals surface area contributed by atoms with E-state index >= 15 is 0 Å². The summed E-state index contributed by atoms with van der Waals surface area (Å²) < 4.78 is 5.66. The average molecular weight is 348 g/mol. The lowest BCUT2D eigenvalue weighted by Gasteiger charge is -2.41. The summed E-state index contributed by atoms with van der Waals surface area (Å²) in [5.74, 6) is -0.510. The number of fused-ring (bicyclic) bond motifs is 2. The average Bonchev–Trinajstić information content (AvgIpc) is 2.76. The molecule has 2 saturated heterocycles. The monoisotopic (exact) mass is 347 g/mol. The first-order valence-electron chi connectivity index (χ1n) is 9.03. The number of piperidine rings is 1. The van der Waals surface area contributed by atoms with Crippen molar-refractivity contribution in [3.8, 4) is 0 Å². The van der Waals surface area contributed by atoms with E-state index in [2.05, 4.69) is 24.5 Å². The molecule has 4 nitrogen and oxygen atoms in total. The van der Waals surface area contributed by atoms with Crippen molar-refractivity contribution in [1.29, 1.82) is 0 Å². The van der Waals surface area contributed by atoms with Crippen LogP contribution in [0.15, 0.2) is 30.3 Å². The van der Waals surface area contributed by atoms with Crippen molar-refractivity contribution >= 4 is 14.0 Å². The fraction of sp³-hybridized carbons (Fsp3) is 0.632. The van der Waals surface area contributed by atoms with E-state index in [9.17, 15) is 9.90 Å². The Labute approximate surface area is 145 Å². The number of aliphatic hydroxyl groups excluding tert-OH is 1. The second kappa shape index (κ2) is 6.98. The van der Waals surface area contributed by atoms with Crippen molar-refractivity contribution in [2.45, 2.75) is 69.6 Å². The lowest BCUT2D eigenvalue weighted by Crippen LogP contribution is -2.51. The number of ether oxygens (including phenoxy) is 1. The molecule has 1 N–H and O–H groups in total. The summed E-state index contributed by atoms with van der Waals surface area (Å²) in [7, 11) is -1.13. The van der Waals surface area contributed by atoms with E-state index in [0.29, 0.717) is 17.6 Å². The minimum absolute atomic E-state index is 0.0498. The molecule has 0 aromatic heterocycles. The van der Waals surface area contributed by atoms with Gasteiger partial charge in [0.15, 0.2) is 6.10 Å². The Kier molecular flexibility index (Phi) is 5.13. The third kappa shape index (κ3) is 4.07. The molecule has 2 fully saturated rings. The van der Waals surface area contributed by atoms with Gasteiger partial charge in [0, 0.05) is 12.1 Å². The second-order valence-corrected chi connectivity index (χ2v) is 13.9. The summed E-state index contributed by atoms with van der Waals surface area (Å²) in [6.07, 6.45) is 4.25. The Bertz CT molecular complexity index is 558. The molecule has 0 aliphatic carbocycles. The van der Waals surface area contributed by atoms with Gasteiger partial charge in [0.25, 0.3) is 0 Å². The zero-order valence-corrected chi connectivity index (χ0v) is 15.9. The van der Waals surface area contributed by atoms with Crippen molar-refractivity contribution < 1.29 is 14.6 Å². The maximum absolute atomic E-state index is 12.3. The molecule has 0 radical (unpaired) electrons. The lowest BCUT2D eigenvalue weighted by molar-refractivity contribution is -0.162. The van der Waals surface area contributed by atoms with Crippen LogP contribution < -0.4 is 0 Å². The predicted octanol–water partition coefficient (Wildman–Crippen LogP) is 3.14. The highest BCUT2D eigenvalue weighted by Crippen LogP contribution is 2.38. The summed E-state index contributed by atoms with van der Waals surface area (Å²) >= 11 is 0. The van der Waals surface area contributed by atoms with Crippen LogP contribution in [-0.2, 0) is 9.53 Å². The quantitative estimate of drug-likeness (QED) is 0.657. The third-order valence-electron chi connectivity index (χ3n) is 5.12. The maximum Gasteiger partial charge on any atom is 0.339 e. The first-order valence-corrected chi connectivity index (χ1v) is 12.7. The van der Waals surface area contributed by atoms with Crippen LogP contribution in [0.5, 0.6) is 0 Å². The minimum Gasteiger partial charge on any atom is -0.460 e. The van der Waals surface area contributed by atoms with Crippen LogP contribution in [0.1, 0.15) is 37.4 Å². The SMILES string of the molecule is C[Si](C)(C)CN1C2CCC1CC(OC(=O)C(O)c1ccccc1)C2. The number of carbonyl (C=O) groups excluding carboxylic acids is 1. The van der Waals surface area contributed by atoms with Gasteiger partial charge in [0.05, 0.1) is 8.07 Å². The van der Waals surface area contributed by atoms with Gasteiger partial charge in [-0.05, 0) is 37.4 Å². The molecular weight excluding hydrogens is 318 g/mol. The highest BCUT2D eigenvalue weighted by Gasteiger charge is 2.43. The fourth-order valence-corrected chi connectivity index (χ4v) is 5.74. The molecule has 3 unspecified atom stereocenters. The van der Waals surface area contributed by atoms with E-state index < -0.39 is 20.1 Å². The molecule has 0 spiro atoms. The van der Waals surface area contributed by atoms with Crippen LogP contribution in [0.4, 0.5) is 0 Å². The Morgan fingerprint density at radius 3 is 2.33 bits per heavy atom. The molecule has 1 aromatic carbocycles. The molecule has 3 atom stereocenters. The van der Waals surface area contributed by atoms with E-state index in [1.807, 2.05) is 18.2 Å². The molecule has 0 amide bonds. The molecule has 2 aliphatic heterocycles. The summed E-state index contributed by atoms with van der Waals surface area (Å²) in [6.45, 7) is 7.23. The molecule has 1 aromatic rings. The van der Waals surface area contributed by atoms with Crippen molar-refractivity contribution in [2.24, 2.45) is 0 Å². The van der Waals surface area contributed by atoms with Crippen molar-refractivity contribution in [2.75, 3.05) is 6.17 Å². The number of benzene rings is 1. The number of rotatable bonds is 5. The molecule has 2 bridgehead atoms. The number of hydrogen-bond acceptors (Lipinski definition) is 4. The van der Waals surface area contributed by atoms with Gasteiger partial charge in [-0.3, -0.25) is 4.90 Å². The van der Waals surface area contributed by atoms with Crippen LogP contribution in [0, 0.1) is 0 Å². The number of carbonyl (C=O) groups is 1. The van der Waals surface area contributed by atoms with E-state index in [1.54, 1.807) is 12.1 Å². The molecule has 0 saturated carbocycles. The van der Waals surface area contributed by atoms with Crippen molar-refractivity contribution in [3.63, 3.8) is 0 Å². The maximum atomic E-state index is 12.3. The number of esters is 1. The Hall–Kier alpha value is -1.17. The highest BCUT2D eigenvalue weighted by atomic mass is 28.3. The van der Waals surface area contributed by atoms with E-state index in [-0.39, 0.29) is 6.10 Å². The van der Waals surface area contributed by atoms with Gasteiger partial charge in [0.1, 0.15) is 6.10 Å². The van der Waals surface area contributed by atoms with Gasteiger partial charge < -0.3 is 9.84 Å². The predicted molar refractivity (Wildman–Crippen MR) is 97.4 cm³/mol. The zero-order chi connectivity index (χ0) is 17.3. The third-order valence-corrected chi connectivity index (χ3v) is 6.43. The Morgan fingerprint density at radius 2 is 1.79 bits per heavy atom. The van der Waals surface area contributed by atoms with Crippen molar-refractivity contribution in [1.82, 2.24) is 4.90 Å². The first kappa shape index (κ1) is 17.6. The summed E-state index contributed by atoms with van der Waals surface area (Å²) in [5.41, 5.74) is 0.599. The largest absolute Gasteiger partial charge is 0.460 e. The van der Waals surface area contributed by atoms with Crippen LogP contribution in [0.3, 0.4) is 0 Å². The second-order valence-electron chi connectivity index (χ2n) is 8.46. The van der Waals surface area contributed by atoms with Crippen LogP contribution in [0.25, 0.3) is 0 Å². The van der Waals surface area contributed by atoms with Crippen LogP contribution in [0.2, 0.25) is 19.6 Å². The van der Waals surface area contributed by atoms with Gasteiger partial charge in [-0.2, -0.15) is 0 Å². The van der Waals surface area contributed by atoms with Gasteiger partial charge in [-0.15, -0.1) is 0 Å². The molecule has 3 rings (SSSR count). The van der Waals surface area contributed by atoms with E-state index in [0.717, 1.165) is 12.8 Å². The summed E-state index contributed by atoms with van der Waals surface area (Å²) in [6, 6.07) is 10.1. The molecule has 24 heavy (non-hydrogen) atoms. The summed E-state index contributed by atoms with van der Waals surface area (Å²) in [4.78, 5) is 14.9. The lowest BCUT2D eigenvalue weighted by atomic mass is 10.0. The molecule has 2 aliphatic rings. The topological polar surface area (TPSA) is 49.8 Å². The fourth-order valence-electron chi connectivity index (χ4n) is 4.13. The van der Waals surface area contributed by atoms with Gasteiger partial charge in [-0.1, -0.05) is 50.0 Å². The zero-order valence-electron chi connectivity index (χ0n) is 14.9. The first-order chi connectivity index (χ1) is 11.3. The minimum atomic E-state index is -1.18. The smallest absolute Gasteiger partial charge is 0.339 e.